The van der Waals surface area contributed by atoms with E-state index in [1.165, 1.54) is 12.8 Å². The quantitative estimate of drug-likeness (QED) is 0.644. The summed E-state index contributed by atoms with van der Waals surface area (Å²) in [4.78, 5) is 0. The van der Waals surface area contributed by atoms with Crippen molar-refractivity contribution in [1.82, 2.24) is 15.0 Å². The third-order valence-corrected chi connectivity index (χ3v) is 2.02. The molecule has 3 nitrogen and oxygen atoms in total. The van der Waals surface area contributed by atoms with Crippen molar-refractivity contribution in [2.45, 2.75) is 25.3 Å². The first kappa shape index (κ1) is 7.10. The largest absolute Gasteiger partial charge is 0.249 e. The van der Waals surface area contributed by atoms with Crippen LogP contribution >= 0.6 is 11.6 Å². The van der Waals surface area contributed by atoms with Gasteiger partial charge in [-0.25, -0.2) is 4.68 Å². The van der Waals surface area contributed by atoms with Gasteiger partial charge in [-0.05, 0) is 12.8 Å². The number of rotatable bonds is 3. The molecule has 0 saturated heterocycles. The molecule has 0 spiro atoms. The van der Waals surface area contributed by atoms with Crippen molar-refractivity contribution < 1.29 is 0 Å². The molecule has 4 heteroatoms. The molecule has 0 N–H and O–H groups in total. The molecule has 1 fully saturated rings. The molecule has 0 radical (unpaired) electrons. The van der Waals surface area contributed by atoms with E-state index in [9.17, 15) is 0 Å². The Morgan fingerprint density at radius 2 is 2.45 bits per heavy atom. The van der Waals surface area contributed by atoms with E-state index in [1.54, 1.807) is 0 Å². The van der Waals surface area contributed by atoms with E-state index >= 15 is 0 Å². The Morgan fingerprint density at radius 3 is 3.09 bits per heavy atom. The van der Waals surface area contributed by atoms with Crippen LogP contribution in [0, 0.1) is 0 Å². The van der Waals surface area contributed by atoms with Crippen LogP contribution in [0.5, 0.6) is 0 Å². The second-order valence-corrected chi connectivity index (χ2v) is 3.24. The highest BCUT2D eigenvalue weighted by atomic mass is 35.5. The van der Waals surface area contributed by atoms with Crippen molar-refractivity contribution in [2.75, 3.05) is 5.88 Å². The summed E-state index contributed by atoms with van der Waals surface area (Å²) in [6.07, 6.45) is 5.33. The summed E-state index contributed by atoms with van der Waals surface area (Å²) in [6.45, 7) is 0. The van der Waals surface area contributed by atoms with Crippen LogP contribution in [0.1, 0.15) is 24.6 Å². The van der Waals surface area contributed by atoms with Crippen LogP contribution in [0.25, 0.3) is 0 Å². The zero-order valence-electron chi connectivity index (χ0n) is 6.20. The number of halogens is 1. The fourth-order valence-corrected chi connectivity index (χ4v) is 1.24. The predicted octanol–water partition coefficient (Wildman–Crippen LogP) is 1.39. The van der Waals surface area contributed by atoms with E-state index in [0.717, 1.165) is 12.1 Å². The predicted molar refractivity (Wildman–Crippen MR) is 42.7 cm³/mol. The highest BCUT2D eigenvalue weighted by Gasteiger charge is 2.24. The van der Waals surface area contributed by atoms with Gasteiger partial charge in [0.05, 0.1) is 11.7 Å². The molecule has 1 aromatic rings. The maximum Gasteiger partial charge on any atom is 0.0839 e. The van der Waals surface area contributed by atoms with Crippen LogP contribution in [0.3, 0.4) is 0 Å². The third-order valence-electron chi connectivity index (χ3n) is 1.83. The molecule has 11 heavy (non-hydrogen) atoms. The summed E-state index contributed by atoms with van der Waals surface area (Å²) in [6, 6.07) is 0.631. The van der Waals surface area contributed by atoms with Gasteiger partial charge in [-0.2, -0.15) is 0 Å². The van der Waals surface area contributed by atoms with Crippen LogP contribution in [-0.4, -0.2) is 20.9 Å². The molecule has 1 aliphatic rings. The molecule has 2 rings (SSSR count). The molecule has 1 aliphatic carbocycles. The van der Waals surface area contributed by atoms with Gasteiger partial charge < -0.3 is 0 Å². The fourth-order valence-electron chi connectivity index (χ4n) is 1.04. The Hall–Kier alpha value is -0.570. The molecule has 0 aromatic carbocycles. The van der Waals surface area contributed by atoms with Gasteiger partial charge in [0.1, 0.15) is 0 Å². The van der Waals surface area contributed by atoms with Gasteiger partial charge in [-0.3, -0.25) is 0 Å². The lowest BCUT2D eigenvalue weighted by Crippen LogP contribution is -1.93. The lowest BCUT2D eigenvalue weighted by atomic mass is 10.4. The molecule has 0 aliphatic heterocycles. The lowest BCUT2D eigenvalue weighted by Gasteiger charge is -1.90. The average Bonchev–Trinajstić information content (AvgIpc) is 2.75. The average molecular weight is 172 g/mol. The van der Waals surface area contributed by atoms with Crippen molar-refractivity contribution in [3.63, 3.8) is 0 Å². The molecule has 1 heterocycles. The van der Waals surface area contributed by atoms with Crippen molar-refractivity contribution in [3.05, 3.63) is 11.9 Å². The number of nitrogens with zero attached hydrogens (tertiary/aromatic N) is 3. The molecular formula is C7H10ClN3. The summed E-state index contributed by atoms with van der Waals surface area (Å²) >= 11 is 5.56. The summed E-state index contributed by atoms with van der Waals surface area (Å²) < 4.78 is 1.95. The van der Waals surface area contributed by atoms with E-state index in [2.05, 4.69) is 10.3 Å². The summed E-state index contributed by atoms with van der Waals surface area (Å²) in [5.41, 5.74) is 1.01. The van der Waals surface area contributed by atoms with Crippen LogP contribution in [-0.2, 0) is 6.42 Å². The Bertz CT molecular complexity index is 242. The zero-order valence-corrected chi connectivity index (χ0v) is 6.96. The molecule has 1 saturated carbocycles. The third kappa shape index (κ3) is 1.53. The first-order chi connectivity index (χ1) is 5.40. The van der Waals surface area contributed by atoms with Gasteiger partial charge in [-0.15, -0.1) is 16.7 Å². The molecule has 0 atom stereocenters. The molecule has 0 unspecified atom stereocenters. The smallest absolute Gasteiger partial charge is 0.0839 e. The number of hydrogen-bond acceptors (Lipinski definition) is 2. The van der Waals surface area contributed by atoms with Gasteiger partial charge in [0, 0.05) is 18.5 Å². The number of alkyl halides is 1. The summed E-state index contributed by atoms with van der Waals surface area (Å²) in [7, 11) is 0. The van der Waals surface area contributed by atoms with Crippen molar-refractivity contribution in [3.8, 4) is 0 Å². The van der Waals surface area contributed by atoms with E-state index in [1.807, 2.05) is 10.9 Å². The minimum absolute atomic E-state index is 0.628. The van der Waals surface area contributed by atoms with Crippen LogP contribution in [0.2, 0.25) is 0 Å². The van der Waals surface area contributed by atoms with Crippen LogP contribution in [0.15, 0.2) is 6.20 Å². The van der Waals surface area contributed by atoms with Gasteiger partial charge in [-0.1, -0.05) is 5.21 Å². The van der Waals surface area contributed by atoms with E-state index in [0.29, 0.717) is 11.9 Å². The highest BCUT2D eigenvalue weighted by Crippen LogP contribution is 2.33. The Balaban J connectivity index is 2.06. The van der Waals surface area contributed by atoms with E-state index in [4.69, 9.17) is 11.6 Å². The first-order valence-electron chi connectivity index (χ1n) is 3.87. The lowest BCUT2D eigenvalue weighted by molar-refractivity contribution is 0.610. The monoisotopic (exact) mass is 171 g/mol. The molecule has 1 aromatic heterocycles. The Morgan fingerprint density at radius 1 is 1.64 bits per heavy atom. The first-order valence-corrected chi connectivity index (χ1v) is 4.40. The van der Waals surface area contributed by atoms with Gasteiger partial charge >= 0.3 is 0 Å². The normalized spacial score (nSPS) is 17.2. The maximum atomic E-state index is 5.56. The minimum Gasteiger partial charge on any atom is -0.249 e. The number of aryl methyl sites for hydroxylation is 1. The molecule has 0 amide bonds. The Kier molecular flexibility index (Phi) is 1.82. The highest BCUT2D eigenvalue weighted by molar-refractivity contribution is 6.17. The number of hydrogen-bond donors (Lipinski definition) is 0. The van der Waals surface area contributed by atoms with Gasteiger partial charge in [0.15, 0.2) is 0 Å². The second-order valence-electron chi connectivity index (χ2n) is 2.86. The SMILES string of the molecule is ClCCc1cn(C2CC2)nn1. The maximum absolute atomic E-state index is 5.56. The molecule has 0 bridgehead atoms. The second kappa shape index (κ2) is 2.81. The zero-order chi connectivity index (χ0) is 7.68. The molecule has 60 valence electrons. The number of aromatic nitrogens is 3. The topological polar surface area (TPSA) is 30.7 Å². The van der Waals surface area contributed by atoms with Crippen LogP contribution < -0.4 is 0 Å². The minimum atomic E-state index is 0.628. The molecular weight excluding hydrogens is 162 g/mol. The fraction of sp³-hybridized carbons (Fsp3) is 0.714. The van der Waals surface area contributed by atoms with E-state index < -0.39 is 0 Å². The van der Waals surface area contributed by atoms with Crippen molar-refractivity contribution >= 4 is 11.6 Å². The van der Waals surface area contributed by atoms with Crippen molar-refractivity contribution in [2.24, 2.45) is 0 Å². The standard InChI is InChI=1S/C7H10ClN3/c8-4-3-6-5-11(10-9-6)7-1-2-7/h5,7H,1-4H2. The summed E-state index contributed by atoms with van der Waals surface area (Å²) in [5.74, 6) is 0.628. The summed E-state index contributed by atoms with van der Waals surface area (Å²) in [5, 5.41) is 8.00. The van der Waals surface area contributed by atoms with E-state index in [-0.39, 0.29) is 0 Å². The van der Waals surface area contributed by atoms with Crippen molar-refractivity contribution in [1.29, 1.82) is 0 Å². The Labute approximate surface area is 70.3 Å². The van der Waals surface area contributed by atoms with Gasteiger partial charge in [0.2, 0.25) is 0 Å². The van der Waals surface area contributed by atoms with Crippen LogP contribution in [0.4, 0.5) is 0 Å². The van der Waals surface area contributed by atoms with Gasteiger partial charge in [0.25, 0.3) is 0 Å².